The van der Waals surface area contributed by atoms with Crippen molar-refractivity contribution in [1.82, 2.24) is 5.43 Å². The van der Waals surface area contributed by atoms with E-state index in [9.17, 15) is 9.59 Å². The summed E-state index contributed by atoms with van der Waals surface area (Å²) in [6.07, 6.45) is 1.85. The monoisotopic (exact) mass is 452 g/mol. The van der Waals surface area contributed by atoms with E-state index in [1.54, 1.807) is 60.8 Å². The van der Waals surface area contributed by atoms with Gasteiger partial charge in [-0.15, -0.1) is 23.5 Å². The van der Waals surface area contributed by atoms with Gasteiger partial charge in [0.25, 0.3) is 0 Å². The van der Waals surface area contributed by atoms with Crippen LogP contribution in [0.1, 0.15) is 36.4 Å². The Labute approximate surface area is 182 Å². The average Bonchev–Trinajstić information content (AvgIpc) is 3.31. The van der Waals surface area contributed by atoms with Crippen LogP contribution in [0.2, 0.25) is 5.02 Å². The van der Waals surface area contributed by atoms with Crippen molar-refractivity contribution >= 4 is 53.2 Å². The van der Waals surface area contributed by atoms with Crippen molar-refractivity contribution in [3.8, 4) is 11.3 Å². The molecule has 1 N–H and O–H groups in total. The van der Waals surface area contributed by atoms with E-state index < -0.39 is 5.97 Å². The maximum absolute atomic E-state index is 12.1. The Balaban J connectivity index is 1.63. The van der Waals surface area contributed by atoms with Gasteiger partial charge in [-0.25, -0.2) is 10.2 Å². The van der Waals surface area contributed by atoms with Gasteiger partial charge >= 0.3 is 5.97 Å². The highest BCUT2D eigenvalue weighted by Crippen LogP contribution is 2.45. The van der Waals surface area contributed by atoms with Crippen molar-refractivity contribution in [2.45, 2.75) is 24.3 Å². The van der Waals surface area contributed by atoms with E-state index in [-0.39, 0.29) is 22.2 Å². The van der Waals surface area contributed by atoms with E-state index in [4.69, 9.17) is 20.8 Å². The van der Waals surface area contributed by atoms with Gasteiger partial charge in [0.05, 0.1) is 33.9 Å². The van der Waals surface area contributed by atoms with Crippen molar-refractivity contribution < 1.29 is 18.7 Å². The number of esters is 1. The van der Waals surface area contributed by atoms with E-state index in [0.29, 0.717) is 28.5 Å². The zero-order valence-corrected chi connectivity index (χ0v) is 18.5. The van der Waals surface area contributed by atoms with Crippen LogP contribution in [-0.2, 0) is 9.53 Å². The minimum atomic E-state index is -0.484. The standard InChI is InChI=1S/C20H21ClN2O4S2/c1-3-26-19(25)15-10-13(4-6-16(15)21)17-7-5-14(27-17)12-22-23-18(24)11-20(2)28-8-9-29-20/h4-7,10,12H,3,8-9,11H2,1-2H3,(H,23,24)/b22-12-. The van der Waals surface area contributed by atoms with E-state index >= 15 is 0 Å². The number of amides is 1. The fourth-order valence-electron chi connectivity index (χ4n) is 2.78. The Kier molecular flexibility index (Phi) is 7.32. The number of carbonyl (C=O) groups excluding carboxylic acids is 2. The first-order valence-electron chi connectivity index (χ1n) is 9.07. The molecule has 0 atom stereocenters. The topological polar surface area (TPSA) is 80.9 Å². The van der Waals surface area contributed by atoms with Crippen molar-refractivity contribution in [3.63, 3.8) is 0 Å². The first kappa shape index (κ1) is 21.8. The molecule has 1 amide bonds. The van der Waals surface area contributed by atoms with Gasteiger partial charge < -0.3 is 9.15 Å². The van der Waals surface area contributed by atoms with Gasteiger partial charge in [-0.2, -0.15) is 5.10 Å². The molecule has 2 aromatic rings. The normalized spacial score (nSPS) is 15.6. The largest absolute Gasteiger partial charge is 0.462 e. The van der Waals surface area contributed by atoms with E-state index in [1.807, 2.05) is 0 Å². The quantitative estimate of drug-likeness (QED) is 0.368. The maximum atomic E-state index is 12.1. The van der Waals surface area contributed by atoms with Crippen molar-refractivity contribution in [1.29, 1.82) is 0 Å². The lowest BCUT2D eigenvalue weighted by atomic mass is 10.1. The summed E-state index contributed by atoms with van der Waals surface area (Å²) in [5.41, 5.74) is 3.51. The Hall–Kier alpha value is -1.90. The molecule has 1 aromatic heterocycles. The van der Waals surface area contributed by atoms with E-state index in [2.05, 4.69) is 17.5 Å². The molecular weight excluding hydrogens is 432 g/mol. The van der Waals surface area contributed by atoms with Crippen molar-refractivity contribution in [3.05, 3.63) is 46.7 Å². The lowest BCUT2D eigenvalue weighted by molar-refractivity contribution is -0.121. The van der Waals surface area contributed by atoms with Crippen LogP contribution in [-0.4, -0.2) is 40.3 Å². The van der Waals surface area contributed by atoms with Crippen LogP contribution < -0.4 is 5.43 Å². The van der Waals surface area contributed by atoms with E-state index in [1.165, 1.54) is 6.21 Å². The van der Waals surface area contributed by atoms with Gasteiger partial charge in [0.1, 0.15) is 11.5 Å². The van der Waals surface area contributed by atoms with Crippen LogP contribution in [0.25, 0.3) is 11.3 Å². The minimum absolute atomic E-state index is 0.0807. The molecule has 1 fully saturated rings. The van der Waals surface area contributed by atoms with Crippen molar-refractivity contribution in [2.24, 2.45) is 5.10 Å². The Morgan fingerprint density at radius 1 is 1.31 bits per heavy atom. The second-order valence-corrected chi connectivity index (χ2v) is 10.3. The van der Waals surface area contributed by atoms with Gasteiger partial charge in [0.2, 0.25) is 5.91 Å². The molecule has 2 heterocycles. The summed E-state index contributed by atoms with van der Waals surface area (Å²) >= 11 is 9.69. The van der Waals surface area contributed by atoms with Crippen LogP contribution in [0, 0.1) is 0 Å². The molecule has 0 saturated carbocycles. The lowest BCUT2D eigenvalue weighted by Gasteiger charge is -2.19. The number of carbonyl (C=O) groups is 2. The maximum Gasteiger partial charge on any atom is 0.339 e. The molecule has 0 unspecified atom stereocenters. The predicted octanol–water partition coefficient (Wildman–Crippen LogP) is 4.81. The van der Waals surface area contributed by atoms with Crippen LogP contribution >= 0.6 is 35.1 Å². The second-order valence-electron chi connectivity index (χ2n) is 6.42. The highest BCUT2D eigenvalue weighted by Gasteiger charge is 2.32. The van der Waals surface area contributed by atoms with Crippen LogP contribution in [0.3, 0.4) is 0 Å². The first-order valence-corrected chi connectivity index (χ1v) is 11.4. The summed E-state index contributed by atoms with van der Waals surface area (Å²) in [7, 11) is 0. The zero-order chi connectivity index (χ0) is 20.9. The predicted molar refractivity (Wildman–Crippen MR) is 119 cm³/mol. The summed E-state index contributed by atoms with van der Waals surface area (Å²) in [5, 5.41) is 4.29. The number of nitrogens with zero attached hydrogens (tertiary/aromatic N) is 1. The molecule has 1 aromatic carbocycles. The molecule has 1 aliphatic heterocycles. The molecular formula is C20H21ClN2O4S2. The molecule has 0 bridgehead atoms. The summed E-state index contributed by atoms with van der Waals surface area (Å²) < 4.78 is 10.7. The highest BCUT2D eigenvalue weighted by atomic mass is 35.5. The lowest BCUT2D eigenvalue weighted by Crippen LogP contribution is -2.26. The molecule has 6 nitrogen and oxygen atoms in total. The number of hydrogen-bond donors (Lipinski definition) is 1. The van der Waals surface area contributed by atoms with Crippen LogP contribution in [0.4, 0.5) is 0 Å². The average molecular weight is 453 g/mol. The molecule has 3 rings (SSSR count). The first-order chi connectivity index (χ1) is 13.9. The van der Waals surface area contributed by atoms with Gasteiger partial charge in [0, 0.05) is 17.1 Å². The number of hydrazone groups is 1. The molecule has 0 radical (unpaired) electrons. The second kappa shape index (κ2) is 9.73. The van der Waals surface area contributed by atoms with Crippen molar-refractivity contribution in [2.75, 3.05) is 18.1 Å². The number of halogens is 1. The summed E-state index contributed by atoms with van der Waals surface area (Å²) in [6.45, 7) is 4.08. The minimum Gasteiger partial charge on any atom is -0.462 e. The van der Waals surface area contributed by atoms with Gasteiger partial charge in [0.15, 0.2) is 0 Å². The fourth-order valence-corrected chi connectivity index (χ4v) is 5.80. The Bertz CT molecular complexity index is 923. The Morgan fingerprint density at radius 3 is 2.79 bits per heavy atom. The third-order valence-electron chi connectivity index (χ3n) is 4.13. The fraction of sp³-hybridized carbons (Fsp3) is 0.350. The Morgan fingerprint density at radius 2 is 2.07 bits per heavy atom. The third kappa shape index (κ3) is 5.81. The van der Waals surface area contributed by atoms with Gasteiger partial charge in [-0.1, -0.05) is 11.6 Å². The molecule has 9 heteroatoms. The molecule has 0 aliphatic carbocycles. The SMILES string of the molecule is CCOC(=O)c1cc(-c2ccc(/C=N\NC(=O)CC3(C)SCCS3)o2)ccc1Cl. The molecule has 1 saturated heterocycles. The summed E-state index contributed by atoms with van der Waals surface area (Å²) in [5.74, 6) is 2.54. The molecule has 1 aliphatic rings. The van der Waals surface area contributed by atoms with Crippen LogP contribution in [0.5, 0.6) is 0 Å². The molecule has 154 valence electrons. The number of nitrogens with one attached hydrogen (secondary N) is 1. The molecule has 0 spiro atoms. The molecule has 29 heavy (non-hydrogen) atoms. The zero-order valence-electron chi connectivity index (χ0n) is 16.1. The third-order valence-corrected chi connectivity index (χ3v) is 7.76. The van der Waals surface area contributed by atoms with Crippen LogP contribution in [0.15, 0.2) is 39.9 Å². The summed E-state index contributed by atoms with van der Waals surface area (Å²) in [6, 6.07) is 8.49. The number of furan rings is 1. The smallest absolute Gasteiger partial charge is 0.339 e. The number of thioether (sulfide) groups is 2. The number of hydrogen-bond acceptors (Lipinski definition) is 7. The van der Waals surface area contributed by atoms with Gasteiger partial charge in [-0.3, -0.25) is 4.79 Å². The highest BCUT2D eigenvalue weighted by molar-refractivity contribution is 8.21. The number of benzene rings is 1. The number of ether oxygens (including phenoxy) is 1. The summed E-state index contributed by atoms with van der Waals surface area (Å²) in [4.78, 5) is 24.1. The van der Waals surface area contributed by atoms with E-state index in [0.717, 1.165) is 11.5 Å². The van der Waals surface area contributed by atoms with Gasteiger partial charge in [-0.05, 0) is 44.2 Å². The number of rotatable bonds is 7.